The Balaban J connectivity index is 2.38. The highest BCUT2D eigenvalue weighted by molar-refractivity contribution is 9.11. The van der Waals surface area contributed by atoms with Crippen LogP contribution in [0.5, 0.6) is 0 Å². The number of hydrogen-bond acceptors (Lipinski definition) is 1. The van der Waals surface area contributed by atoms with Gasteiger partial charge in [-0.05, 0) is 58.5 Å². The van der Waals surface area contributed by atoms with Crippen molar-refractivity contribution >= 4 is 55.1 Å². The molecule has 0 unspecified atom stereocenters. The first-order valence-electron chi connectivity index (χ1n) is 5.42. The number of halogens is 3. The third kappa shape index (κ3) is 2.28. The van der Waals surface area contributed by atoms with Gasteiger partial charge in [-0.2, -0.15) is 0 Å². The molecule has 2 nitrogen and oxygen atoms in total. The predicted octanol–water partition coefficient (Wildman–Crippen LogP) is 5.35. The van der Waals surface area contributed by atoms with Crippen molar-refractivity contribution < 1.29 is 4.39 Å². The number of aromatic amines is 1. The maximum absolute atomic E-state index is 13.4. The zero-order valence-electron chi connectivity index (χ0n) is 9.45. The van der Waals surface area contributed by atoms with Crippen LogP contribution < -0.4 is 0 Å². The van der Waals surface area contributed by atoms with E-state index < -0.39 is 0 Å². The molecule has 0 aliphatic heterocycles. The van der Waals surface area contributed by atoms with Crippen LogP contribution in [-0.4, -0.2) is 9.55 Å². The minimum Gasteiger partial charge on any atom is -0.330 e. The third-order valence-electron chi connectivity index (χ3n) is 2.80. The van der Waals surface area contributed by atoms with Crippen LogP contribution in [0.25, 0.3) is 16.7 Å². The molecule has 6 heteroatoms. The van der Waals surface area contributed by atoms with Gasteiger partial charge in [0.05, 0.1) is 16.7 Å². The SMILES string of the molecule is Fc1ccc2[nH]c(=S)n(-c3ccc(Br)cc3Br)c2c1. The topological polar surface area (TPSA) is 20.7 Å². The summed E-state index contributed by atoms with van der Waals surface area (Å²) >= 11 is 12.2. The molecule has 96 valence electrons. The summed E-state index contributed by atoms with van der Waals surface area (Å²) in [7, 11) is 0. The van der Waals surface area contributed by atoms with Gasteiger partial charge >= 0.3 is 0 Å². The lowest BCUT2D eigenvalue weighted by Gasteiger charge is -2.07. The van der Waals surface area contributed by atoms with Gasteiger partial charge in [0.15, 0.2) is 4.77 Å². The average Bonchev–Trinajstić information content (AvgIpc) is 2.65. The molecule has 0 atom stereocenters. The lowest BCUT2D eigenvalue weighted by molar-refractivity contribution is 0.629. The molecular weight excluding hydrogens is 395 g/mol. The van der Waals surface area contributed by atoms with Crippen LogP contribution in [0.3, 0.4) is 0 Å². The molecule has 0 spiro atoms. The van der Waals surface area contributed by atoms with Crippen molar-refractivity contribution in [1.29, 1.82) is 0 Å². The molecule has 0 aliphatic rings. The van der Waals surface area contributed by atoms with Crippen LogP contribution in [0.2, 0.25) is 0 Å². The van der Waals surface area contributed by atoms with Crippen molar-refractivity contribution in [1.82, 2.24) is 9.55 Å². The highest BCUT2D eigenvalue weighted by Crippen LogP contribution is 2.28. The molecule has 0 aliphatic carbocycles. The average molecular weight is 402 g/mol. The largest absolute Gasteiger partial charge is 0.330 e. The summed E-state index contributed by atoms with van der Waals surface area (Å²) in [5, 5.41) is 0. The number of aromatic nitrogens is 2. The van der Waals surface area contributed by atoms with Crippen molar-refractivity contribution in [2.45, 2.75) is 0 Å². The van der Waals surface area contributed by atoms with Crippen molar-refractivity contribution in [3.8, 4) is 5.69 Å². The van der Waals surface area contributed by atoms with Gasteiger partial charge in [0.25, 0.3) is 0 Å². The van der Waals surface area contributed by atoms with Gasteiger partial charge in [0, 0.05) is 15.0 Å². The highest BCUT2D eigenvalue weighted by atomic mass is 79.9. The van der Waals surface area contributed by atoms with Crippen molar-refractivity contribution in [3.05, 3.63) is 55.9 Å². The fourth-order valence-corrected chi connectivity index (χ4v) is 3.51. The maximum Gasteiger partial charge on any atom is 0.182 e. The fourth-order valence-electron chi connectivity index (χ4n) is 1.98. The normalized spacial score (nSPS) is 11.1. The standard InChI is InChI=1S/C13H7Br2FN2S/c14-7-1-4-11(9(15)5-7)18-12-6-8(16)2-3-10(12)17-13(18)19/h1-6H,(H,17,19). The maximum atomic E-state index is 13.4. The summed E-state index contributed by atoms with van der Waals surface area (Å²) in [5.41, 5.74) is 2.39. The molecular formula is C13H7Br2FN2S. The quantitative estimate of drug-likeness (QED) is 0.545. The van der Waals surface area contributed by atoms with Gasteiger partial charge in [-0.3, -0.25) is 4.57 Å². The molecule has 3 rings (SSSR count). The number of rotatable bonds is 1. The van der Waals surface area contributed by atoms with Crippen LogP contribution in [0.1, 0.15) is 0 Å². The number of nitrogens with zero attached hydrogens (tertiary/aromatic N) is 1. The van der Waals surface area contributed by atoms with Crippen molar-refractivity contribution in [3.63, 3.8) is 0 Å². The van der Waals surface area contributed by atoms with E-state index in [0.717, 1.165) is 20.1 Å². The van der Waals surface area contributed by atoms with E-state index in [4.69, 9.17) is 12.2 Å². The molecule has 1 aromatic heterocycles. The summed E-state index contributed by atoms with van der Waals surface area (Å²) in [5.74, 6) is -0.288. The molecule has 1 N–H and O–H groups in total. The van der Waals surface area contributed by atoms with Crippen LogP contribution in [0.4, 0.5) is 4.39 Å². The Kier molecular flexibility index (Phi) is 3.32. The van der Waals surface area contributed by atoms with Gasteiger partial charge in [-0.25, -0.2) is 4.39 Å². The van der Waals surface area contributed by atoms with E-state index in [9.17, 15) is 4.39 Å². The number of fused-ring (bicyclic) bond motifs is 1. The zero-order valence-corrected chi connectivity index (χ0v) is 13.4. The molecule has 0 saturated carbocycles. The summed E-state index contributed by atoms with van der Waals surface area (Å²) in [6.07, 6.45) is 0. The second kappa shape index (κ2) is 4.85. The summed E-state index contributed by atoms with van der Waals surface area (Å²) in [6, 6.07) is 10.3. The highest BCUT2D eigenvalue weighted by Gasteiger charge is 2.10. The van der Waals surface area contributed by atoms with Gasteiger partial charge in [0.2, 0.25) is 0 Å². The summed E-state index contributed by atoms with van der Waals surface area (Å²) in [6.45, 7) is 0. The fraction of sp³-hybridized carbons (Fsp3) is 0. The first kappa shape index (κ1) is 13.0. The van der Waals surface area contributed by atoms with E-state index in [1.165, 1.54) is 12.1 Å². The number of imidazole rings is 1. The van der Waals surface area contributed by atoms with Crippen molar-refractivity contribution in [2.24, 2.45) is 0 Å². The van der Waals surface area contributed by atoms with E-state index in [-0.39, 0.29) is 5.82 Å². The molecule has 0 fully saturated rings. The molecule has 0 bridgehead atoms. The Morgan fingerprint density at radius 2 is 1.89 bits per heavy atom. The van der Waals surface area contributed by atoms with Crippen LogP contribution in [0.15, 0.2) is 45.3 Å². The van der Waals surface area contributed by atoms with Gasteiger partial charge in [-0.1, -0.05) is 15.9 Å². The monoisotopic (exact) mass is 400 g/mol. The van der Waals surface area contributed by atoms with E-state index in [1.807, 2.05) is 22.8 Å². The lowest BCUT2D eigenvalue weighted by atomic mass is 10.2. The Bertz CT molecular complexity index is 838. The lowest BCUT2D eigenvalue weighted by Crippen LogP contribution is -1.95. The first-order valence-corrected chi connectivity index (χ1v) is 7.41. The minimum absolute atomic E-state index is 0.288. The van der Waals surface area contributed by atoms with Gasteiger partial charge in [-0.15, -0.1) is 0 Å². The predicted molar refractivity (Wildman–Crippen MR) is 83.8 cm³/mol. The Morgan fingerprint density at radius 3 is 2.63 bits per heavy atom. The van der Waals surface area contributed by atoms with E-state index >= 15 is 0 Å². The van der Waals surface area contributed by atoms with Crippen LogP contribution >= 0.6 is 44.1 Å². The van der Waals surface area contributed by atoms with E-state index in [1.54, 1.807) is 6.07 Å². The van der Waals surface area contributed by atoms with E-state index in [2.05, 4.69) is 36.8 Å². The Hall–Kier alpha value is -0.980. The second-order valence-corrected chi connectivity index (χ2v) is 6.18. The Morgan fingerprint density at radius 1 is 1.11 bits per heavy atom. The van der Waals surface area contributed by atoms with Crippen molar-refractivity contribution in [2.75, 3.05) is 0 Å². The minimum atomic E-state index is -0.288. The van der Waals surface area contributed by atoms with Crippen LogP contribution in [-0.2, 0) is 0 Å². The molecule has 3 aromatic rings. The van der Waals surface area contributed by atoms with Crippen LogP contribution in [0, 0.1) is 10.6 Å². The number of hydrogen-bond donors (Lipinski definition) is 1. The van der Waals surface area contributed by atoms with Gasteiger partial charge < -0.3 is 4.98 Å². The molecule has 1 heterocycles. The summed E-state index contributed by atoms with van der Waals surface area (Å²) in [4.78, 5) is 3.07. The summed E-state index contributed by atoms with van der Waals surface area (Å²) < 4.78 is 17.6. The first-order chi connectivity index (χ1) is 9.06. The second-order valence-electron chi connectivity index (χ2n) is 4.02. The smallest absolute Gasteiger partial charge is 0.182 e. The molecule has 2 aromatic carbocycles. The number of benzene rings is 2. The molecule has 0 saturated heterocycles. The third-order valence-corrected chi connectivity index (χ3v) is 4.21. The molecule has 19 heavy (non-hydrogen) atoms. The van der Waals surface area contributed by atoms with Gasteiger partial charge in [0.1, 0.15) is 5.82 Å². The molecule has 0 amide bonds. The number of H-pyrrole nitrogens is 1. The molecule has 0 radical (unpaired) electrons. The number of nitrogens with one attached hydrogen (secondary N) is 1. The zero-order chi connectivity index (χ0) is 13.6. The van der Waals surface area contributed by atoms with E-state index in [0.29, 0.717) is 10.3 Å². The Labute approximate surface area is 130 Å².